The zero-order chi connectivity index (χ0) is 21.6. The Bertz CT molecular complexity index is 762. The molecule has 2 aliphatic heterocycles. The van der Waals surface area contributed by atoms with Gasteiger partial charge in [-0.2, -0.15) is 0 Å². The quantitative estimate of drug-likeness (QED) is 0.702. The fraction of sp³-hybridized carbons (Fsp3) is 0.680. The molecule has 0 bridgehead atoms. The Hall–Kier alpha value is -1.92. The maximum absolute atomic E-state index is 13.1. The number of carbonyl (C=O) groups is 2. The lowest BCUT2D eigenvalue weighted by atomic mass is 9.77. The van der Waals surface area contributed by atoms with Gasteiger partial charge in [0.1, 0.15) is 0 Å². The van der Waals surface area contributed by atoms with Gasteiger partial charge < -0.3 is 15.3 Å². The molecule has 2 N–H and O–H groups in total. The van der Waals surface area contributed by atoms with Crippen molar-refractivity contribution in [2.75, 3.05) is 26.2 Å². The predicted octanol–water partition coefficient (Wildman–Crippen LogP) is 2.69. The van der Waals surface area contributed by atoms with Gasteiger partial charge in [-0.1, -0.05) is 37.1 Å². The van der Waals surface area contributed by atoms with E-state index in [1.165, 1.54) is 5.56 Å². The molecule has 2 heterocycles. The van der Waals surface area contributed by atoms with E-state index in [9.17, 15) is 14.7 Å². The van der Waals surface area contributed by atoms with Crippen LogP contribution in [0.15, 0.2) is 24.3 Å². The number of carbonyl (C=O) groups excluding carboxylic acids is 2. The number of likely N-dealkylation sites (tertiary alicyclic amines) is 2. The van der Waals surface area contributed by atoms with Gasteiger partial charge >= 0.3 is 0 Å². The number of amides is 2. The van der Waals surface area contributed by atoms with Gasteiger partial charge in [0.05, 0.1) is 6.61 Å². The van der Waals surface area contributed by atoms with E-state index in [2.05, 4.69) is 22.3 Å². The Labute approximate surface area is 186 Å². The summed E-state index contributed by atoms with van der Waals surface area (Å²) in [5.41, 5.74) is 2.33. The molecular weight excluding hydrogens is 390 g/mol. The molecule has 0 unspecified atom stereocenters. The molecule has 6 nitrogen and oxygen atoms in total. The molecule has 2 amide bonds. The molecular formula is C25H37N3O3. The first-order valence-electron chi connectivity index (χ1n) is 12.2. The summed E-state index contributed by atoms with van der Waals surface area (Å²) in [6, 6.07) is 8.49. The van der Waals surface area contributed by atoms with Gasteiger partial charge in [-0.25, -0.2) is 0 Å². The Kier molecular flexibility index (Phi) is 7.62. The van der Waals surface area contributed by atoms with Crippen LogP contribution in [0, 0.1) is 11.8 Å². The van der Waals surface area contributed by atoms with E-state index < -0.39 is 0 Å². The van der Waals surface area contributed by atoms with Crippen molar-refractivity contribution < 1.29 is 14.7 Å². The number of hydrogen-bond donors (Lipinski definition) is 2. The highest BCUT2D eigenvalue weighted by Gasteiger charge is 2.38. The molecule has 3 atom stereocenters. The van der Waals surface area contributed by atoms with Crippen LogP contribution in [-0.2, 0) is 22.7 Å². The highest BCUT2D eigenvalue weighted by molar-refractivity contribution is 5.88. The van der Waals surface area contributed by atoms with Gasteiger partial charge in [-0.15, -0.1) is 0 Å². The highest BCUT2D eigenvalue weighted by atomic mass is 16.3. The molecule has 1 saturated carbocycles. The van der Waals surface area contributed by atoms with Gasteiger partial charge in [0.2, 0.25) is 11.8 Å². The Balaban J connectivity index is 1.38. The van der Waals surface area contributed by atoms with Crippen molar-refractivity contribution in [3.05, 3.63) is 35.4 Å². The second kappa shape index (κ2) is 10.6. The van der Waals surface area contributed by atoms with E-state index in [0.717, 1.165) is 83.1 Å². The van der Waals surface area contributed by atoms with Crippen LogP contribution in [-0.4, -0.2) is 59.0 Å². The van der Waals surface area contributed by atoms with Gasteiger partial charge in [0, 0.05) is 44.1 Å². The van der Waals surface area contributed by atoms with Crippen molar-refractivity contribution in [1.29, 1.82) is 0 Å². The molecule has 1 aromatic carbocycles. The van der Waals surface area contributed by atoms with Gasteiger partial charge in [-0.05, 0) is 56.2 Å². The van der Waals surface area contributed by atoms with Crippen molar-refractivity contribution in [1.82, 2.24) is 15.1 Å². The summed E-state index contributed by atoms with van der Waals surface area (Å²) in [5, 5.41) is 12.8. The lowest BCUT2D eigenvalue weighted by Gasteiger charge is -2.32. The molecule has 4 rings (SSSR count). The average molecular weight is 428 g/mol. The number of benzene rings is 1. The van der Waals surface area contributed by atoms with E-state index in [4.69, 9.17) is 0 Å². The monoisotopic (exact) mass is 427 g/mol. The molecule has 3 aliphatic rings. The summed E-state index contributed by atoms with van der Waals surface area (Å²) in [6.45, 7) is 4.20. The second-order valence-corrected chi connectivity index (χ2v) is 9.47. The van der Waals surface area contributed by atoms with Crippen LogP contribution in [0.4, 0.5) is 0 Å². The summed E-state index contributed by atoms with van der Waals surface area (Å²) in [5.74, 6) is -0.133. The molecule has 2 saturated heterocycles. The Morgan fingerprint density at radius 2 is 1.61 bits per heavy atom. The van der Waals surface area contributed by atoms with Crippen LogP contribution in [0.1, 0.15) is 62.5 Å². The van der Waals surface area contributed by atoms with E-state index in [1.54, 1.807) is 0 Å². The Morgan fingerprint density at radius 1 is 0.903 bits per heavy atom. The fourth-order valence-corrected chi connectivity index (χ4v) is 5.64. The third kappa shape index (κ3) is 5.29. The van der Waals surface area contributed by atoms with E-state index in [0.29, 0.717) is 6.54 Å². The Morgan fingerprint density at radius 3 is 2.35 bits per heavy atom. The van der Waals surface area contributed by atoms with E-state index in [1.807, 2.05) is 17.0 Å². The maximum Gasteiger partial charge on any atom is 0.226 e. The predicted molar refractivity (Wildman–Crippen MR) is 120 cm³/mol. The number of nitrogens with zero attached hydrogens (tertiary/aromatic N) is 2. The van der Waals surface area contributed by atoms with Crippen molar-refractivity contribution in [2.24, 2.45) is 11.8 Å². The first kappa shape index (κ1) is 22.3. The molecule has 0 spiro atoms. The first-order valence-corrected chi connectivity index (χ1v) is 12.2. The first-order chi connectivity index (χ1) is 15.2. The lowest BCUT2D eigenvalue weighted by molar-refractivity contribution is -0.142. The summed E-state index contributed by atoms with van der Waals surface area (Å²) in [4.78, 5) is 30.5. The summed E-state index contributed by atoms with van der Waals surface area (Å²) in [7, 11) is 0. The van der Waals surface area contributed by atoms with E-state index >= 15 is 0 Å². The number of nitrogens with one attached hydrogen (secondary N) is 1. The van der Waals surface area contributed by atoms with Crippen molar-refractivity contribution in [3.8, 4) is 0 Å². The normalized spacial score (nSPS) is 26.9. The smallest absolute Gasteiger partial charge is 0.226 e. The van der Waals surface area contributed by atoms with Crippen LogP contribution in [0.5, 0.6) is 0 Å². The maximum atomic E-state index is 13.1. The van der Waals surface area contributed by atoms with Crippen LogP contribution < -0.4 is 5.32 Å². The van der Waals surface area contributed by atoms with Crippen LogP contribution in [0.25, 0.3) is 0 Å². The minimum absolute atomic E-state index is 0.0291. The molecule has 31 heavy (non-hydrogen) atoms. The van der Waals surface area contributed by atoms with Crippen molar-refractivity contribution in [3.63, 3.8) is 0 Å². The van der Waals surface area contributed by atoms with Crippen LogP contribution >= 0.6 is 0 Å². The topological polar surface area (TPSA) is 72.9 Å². The number of aliphatic hydroxyl groups is 1. The number of rotatable bonds is 7. The second-order valence-electron chi connectivity index (χ2n) is 9.47. The minimum Gasteiger partial charge on any atom is -0.395 e. The third-order valence-electron chi connectivity index (χ3n) is 7.49. The summed E-state index contributed by atoms with van der Waals surface area (Å²) >= 11 is 0. The standard InChI is InChI=1S/C25H37N3O3/c29-18-21-10-7-15-28(21)17-20-9-2-1-8-19(20)16-26-24(30)22-11-3-4-12-23(22)25(31)27-13-5-6-14-27/h1-2,8-9,21-23,29H,3-7,10-18H2,(H,26,30)/t21-,22-,23+/m1/s1. The fourth-order valence-electron chi connectivity index (χ4n) is 5.64. The average Bonchev–Trinajstić information content (AvgIpc) is 3.50. The highest BCUT2D eigenvalue weighted by Crippen LogP contribution is 2.33. The largest absolute Gasteiger partial charge is 0.395 e. The van der Waals surface area contributed by atoms with Crippen molar-refractivity contribution >= 4 is 11.8 Å². The van der Waals surface area contributed by atoms with Crippen LogP contribution in [0.2, 0.25) is 0 Å². The van der Waals surface area contributed by atoms with Gasteiger partial charge in [0.25, 0.3) is 0 Å². The SMILES string of the molecule is O=C(NCc1ccccc1CN1CCC[C@@H]1CO)[C@@H]1CCCC[C@@H]1C(=O)N1CCCC1. The minimum atomic E-state index is -0.202. The molecule has 1 aliphatic carbocycles. The zero-order valence-electron chi connectivity index (χ0n) is 18.6. The molecule has 6 heteroatoms. The van der Waals surface area contributed by atoms with Gasteiger partial charge in [-0.3, -0.25) is 14.5 Å². The molecule has 0 aromatic heterocycles. The van der Waals surface area contributed by atoms with Gasteiger partial charge in [0.15, 0.2) is 0 Å². The number of aliphatic hydroxyl groups excluding tert-OH is 1. The third-order valence-corrected chi connectivity index (χ3v) is 7.49. The van der Waals surface area contributed by atoms with Crippen LogP contribution in [0.3, 0.4) is 0 Å². The summed E-state index contributed by atoms with van der Waals surface area (Å²) < 4.78 is 0. The molecule has 0 radical (unpaired) electrons. The van der Waals surface area contributed by atoms with E-state index in [-0.39, 0.29) is 36.3 Å². The lowest BCUT2D eigenvalue weighted by Crippen LogP contribution is -2.44. The molecule has 1 aromatic rings. The summed E-state index contributed by atoms with van der Waals surface area (Å²) in [6.07, 6.45) is 8.04. The van der Waals surface area contributed by atoms with Crippen molar-refractivity contribution in [2.45, 2.75) is 70.5 Å². The zero-order valence-corrected chi connectivity index (χ0v) is 18.6. The molecule has 170 valence electrons. The number of hydrogen-bond acceptors (Lipinski definition) is 4. The molecule has 3 fully saturated rings.